The minimum atomic E-state index is -0.792. The molecule has 0 amide bonds. The number of hydrogen-bond donors (Lipinski definition) is 3. The van der Waals surface area contributed by atoms with E-state index in [1.165, 1.54) is 0 Å². The molecule has 1 unspecified atom stereocenters. The number of hydrogen-bond acceptors (Lipinski definition) is 2. The molecule has 2 aromatic rings. The van der Waals surface area contributed by atoms with Crippen LogP contribution in [0.4, 0.5) is 5.69 Å². The molecule has 92 valence electrons. The quantitative estimate of drug-likeness (QED) is 0.786. The Hall–Kier alpha value is -1.68. The molecule has 4 nitrogen and oxygen atoms in total. The smallest absolute Gasteiger partial charge is 0.305 e. The van der Waals surface area contributed by atoms with Crippen molar-refractivity contribution in [3.05, 3.63) is 30.5 Å². The molecule has 17 heavy (non-hydrogen) atoms. The Morgan fingerprint density at radius 1 is 1.47 bits per heavy atom. The Bertz CT molecular complexity index is 510. The average Bonchev–Trinajstić information content (AvgIpc) is 2.61. The third-order valence-electron chi connectivity index (χ3n) is 2.47. The highest BCUT2D eigenvalue weighted by Gasteiger charge is 2.09. The number of halogens is 1. The van der Waals surface area contributed by atoms with Gasteiger partial charge in [-0.2, -0.15) is 0 Å². The molecular formula is C12H15ClN2O2. The average molecular weight is 255 g/mol. The molecule has 0 bridgehead atoms. The van der Waals surface area contributed by atoms with Crippen LogP contribution in [-0.2, 0) is 4.79 Å². The first kappa shape index (κ1) is 13.4. The van der Waals surface area contributed by atoms with Gasteiger partial charge in [-0.15, -0.1) is 12.4 Å². The van der Waals surface area contributed by atoms with Crippen molar-refractivity contribution >= 4 is 35.0 Å². The second kappa shape index (κ2) is 5.59. The van der Waals surface area contributed by atoms with Crippen LogP contribution in [0.2, 0.25) is 0 Å². The summed E-state index contributed by atoms with van der Waals surface area (Å²) in [5.41, 5.74) is 2.00. The van der Waals surface area contributed by atoms with Crippen molar-refractivity contribution in [1.82, 2.24) is 4.98 Å². The van der Waals surface area contributed by atoms with Crippen LogP contribution >= 0.6 is 12.4 Å². The fourth-order valence-electron chi connectivity index (χ4n) is 1.77. The predicted molar refractivity (Wildman–Crippen MR) is 70.9 cm³/mol. The van der Waals surface area contributed by atoms with Crippen LogP contribution in [0.5, 0.6) is 0 Å². The lowest BCUT2D eigenvalue weighted by atomic mass is 10.2. The van der Waals surface area contributed by atoms with Gasteiger partial charge < -0.3 is 15.4 Å². The number of rotatable bonds is 4. The van der Waals surface area contributed by atoms with Gasteiger partial charge >= 0.3 is 5.97 Å². The molecule has 1 atom stereocenters. The number of H-pyrrole nitrogens is 1. The Morgan fingerprint density at radius 2 is 2.18 bits per heavy atom. The number of nitrogens with one attached hydrogen (secondary N) is 2. The Morgan fingerprint density at radius 3 is 2.88 bits per heavy atom. The minimum absolute atomic E-state index is 0. The zero-order valence-electron chi connectivity index (χ0n) is 9.43. The number of carboxylic acids is 1. The third-order valence-corrected chi connectivity index (χ3v) is 2.47. The first-order valence-electron chi connectivity index (χ1n) is 5.21. The number of carboxylic acid groups (broad SMARTS) is 1. The summed E-state index contributed by atoms with van der Waals surface area (Å²) in [5, 5.41) is 12.9. The maximum atomic E-state index is 10.6. The molecule has 2 rings (SSSR count). The highest BCUT2D eigenvalue weighted by molar-refractivity contribution is 5.92. The SMILES string of the molecule is CC(CC(=O)O)Nc1c[nH]c2ccccc12.Cl. The van der Waals surface area contributed by atoms with Gasteiger partial charge in [0.25, 0.3) is 0 Å². The van der Waals surface area contributed by atoms with E-state index in [1.54, 1.807) is 0 Å². The Balaban J connectivity index is 0.00000144. The maximum Gasteiger partial charge on any atom is 0.305 e. The van der Waals surface area contributed by atoms with Crippen molar-refractivity contribution < 1.29 is 9.90 Å². The molecule has 1 heterocycles. The van der Waals surface area contributed by atoms with E-state index in [4.69, 9.17) is 5.11 Å². The van der Waals surface area contributed by atoms with E-state index in [2.05, 4.69) is 10.3 Å². The molecule has 1 aromatic carbocycles. The largest absolute Gasteiger partial charge is 0.481 e. The number of fused-ring (bicyclic) bond motifs is 1. The van der Waals surface area contributed by atoms with E-state index in [9.17, 15) is 4.79 Å². The van der Waals surface area contributed by atoms with Crippen LogP contribution in [0.1, 0.15) is 13.3 Å². The summed E-state index contributed by atoms with van der Waals surface area (Å²) in [6.07, 6.45) is 1.97. The van der Waals surface area contributed by atoms with Crippen LogP contribution in [0, 0.1) is 0 Å². The van der Waals surface area contributed by atoms with E-state index < -0.39 is 5.97 Å². The van der Waals surface area contributed by atoms with Crippen LogP contribution in [0.3, 0.4) is 0 Å². The molecule has 5 heteroatoms. The summed E-state index contributed by atoms with van der Waals surface area (Å²) in [6.45, 7) is 1.86. The van der Waals surface area contributed by atoms with Gasteiger partial charge in [-0.05, 0) is 13.0 Å². The zero-order valence-corrected chi connectivity index (χ0v) is 10.3. The van der Waals surface area contributed by atoms with Gasteiger partial charge in [-0.3, -0.25) is 4.79 Å². The van der Waals surface area contributed by atoms with Gasteiger partial charge in [0.2, 0.25) is 0 Å². The first-order valence-corrected chi connectivity index (χ1v) is 5.21. The van der Waals surface area contributed by atoms with Crippen LogP contribution < -0.4 is 5.32 Å². The van der Waals surface area contributed by atoms with Gasteiger partial charge in [0.1, 0.15) is 0 Å². The molecule has 1 aromatic heterocycles. The molecular weight excluding hydrogens is 240 g/mol. The van der Waals surface area contributed by atoms with E-state index in [0.29, 0.717) is 0 Å². The standard InChI is InChI=1S/C12H14N2O2.ClH/c1-8(6-12(15)16)14-11-7-13-10-5-3-2-4-9(10)11;/h2-5,7-8,13-14H,6H2,1H3,(H,15,16);1H. The fourth-order valence-corrected chi connectivity index (χ4v) is 1.77. The second-order valence-corrected chi connectivity index (χ2v) is 3.89. The minimum Gasteiger partial charge on any atom is -0.481 e. The molecule has 0 fully saturated rings. The molecule has 0 spiro atoms. The Labute approximate surface area is 105 Å². The molecule has 3 N–H and O–H groups in total. The van der Waals surface area contributed by atoms with Crippen molar-refractivity contribution in [2.45, 2.75) is 19.4 Å². The fraction of sp³-hybridized carbons (Fsp3) is 0.250. The number of aromatic nitrogens is 1. The normalized spacial score (nSPS) is 11.8. The van der Waals surface area contributed by atoms with Crippen molar-refractivity contribution in [1.29, 1.82) is 0 Å². The molecule has 0 aliphatic heterocycles. The number of anilines is 1. The highest BCUT2D eigenvalue weighted by atomic mass is 35.5. The first-order chi connectivity index (χ1) is 7.66. The second-order valence-electron chi connectivity index (χ2n) is 3.89. The number of benzene rings is 1. The van der Waals surface area contributed by atoms with Crippen LogP contribution in [0.25, 0.3) is 10.9 Å². The molecule has 0 saturated heterocycles. The number of carbonyl (C=O) groups is 1. The van der Waals surface area contributed by atoms with Gasteiger partial charge in [-0.25, -0.2) is 0 Å². The van der Waals surface area contributed by atoms with Crippen LogP contribution in [-0.4, -0.2) is 22.1 Å². The predicted octanol–water partition coefficient (Wildman–Crippen LogP) is 2.86. The van der Waals surface area contributed by atoms with E-state index in [0.717, 1.165) is 16.6 Å². The number of aliphatic carboxylic acids is 1. The summed E-state index contributed by atoms with van der Waals surface area (Å²) in [7, 11) is 0. The summed E-state index contributed by atoms with van der Waals surface area (Å²) >= 11 is 0. The summed E-state index contributed by atoms with van der Waals surface area (Å²) in [4.78, 5) is 13.7. The maximum absolute atomic E-state index is 10.6. The zero-order chi connectivity index (χ0) is 11.5. The molecule has 0 radical (unpaired) electrons. The number of aromatic amines is 1. The van der Waals surface area contributed by atoms with Crippen molar-refractivity contribution in [3.63, 3.8) is 0 Å². The van der Waals surface area contributed by atoms with Gasteiger partial charge in [0.05, 0.1) is 12.1 Å². The van der Waals surface area contributed by atoms with E-state index >= 15 is 0 Å². The number of para-hydroxylation sites is 1. The topological polar surface area (TPSA) is 65.1 Å². The van der Waals surface area contributed by atoms with Crippen molar-refractivity contribution in [2.24, 2.45) is 0 Å². The van der Waals surface area contributed by atoms with Crippen LogP contribution in [0.15, 0.2) is 30.5 Å². The Kier molecular flexibility index (Phi) is 4.40. The molecule has 0 aliphatic rings. The van der Waals surface area contributed by atoms with Crippen molar-refractivity contribution in [2.75, 3.05) is 5.32 Å². The third kappa shape index (κ3) is 3.14. The summed E-state index contributed by atoms with van der Waals surface area (Å²) < 4.78 is 0. The lowest BCUT2D eigenvalue weighted by molar-refractivity contribution is -0.137. The van der Waals surface area contributed by atoms with Gasteiger partial charge in [0.15, 0.2) is 0 Å². The highest BCUT2D eigenvalue weighted by Crippen LogP contribution is 2.23. The van der Waals surface area contributed by atoms with Gasteiger partial charge in [0, 0.05) is 23.1 Å². The lowest BCUT2D eigenvalue weighted by Crippen LogP contribution is -2.18. The lowest BCUT2D eigenvalue weighted by Gasteiger charge is -2.11. The van der Waals surface area contributed by atoms with Crippen molar-refractivity contribution in [3.8, 4) is 0 Å². The monoisotopic (exact) mass is 254 g/mol. The summed E-state index contributed by atoms with van der Waals surface area (Å²) in [5.74, 6) is -0.792. The summed E-state index contributed by atoms with van der Waals surface area (Å²) in [6, 6.07) is 7.83. The van der Waals surface area contributed by atoms with Gasteiger partial charge in [-0.1, -0.05) is 18.2 Å². The van der Waals surface area contributed by atoms with E-state index in [1.807, 2.05) is 37.4 Å². The van der Waals surface area contributed by atoms with E-state index in [-0.39, 0.29) is 24.9 Å². The molecule has 0 saturated carbocycles. The molecule has 0 aliphatic carbocycles.